The third-order valence-electron chi connectivity index (χ3n) is 5.77. The number of pyridine rings is 1. The van der Waals surface area contributed by atoms with Gasteiger partial charge in [0.25, 0.3) is 0 Å². The quantitative estimate of drug-likeness (QED) is 0.346. The highest BCUT2D eigenvalue weighted by Crippen LogP contribution is 2.31. The Bertz CT molecular complexity index is 1630. The van der Waals surface area contributed by atoms with Crippen LogP contribution in [0.2, 0.25) is 0 Å². The van der Waals surface area contributed by atoms with Crippen molar-refractivity contribution in [2.24, 2.45) is 0 Å². The summed E-state index contributed by atoms with van der Waals surface area (Å²) >= 11 is 0. The molecular formula is C25H22FN5O4S. The number of nitrogens with zero attached hydrogens (tertiary/aromatic N) is 3. The molecule has 0 saturated heterocycles. The molecule has 2 aromatic heterocycles. The van der Waals surface area contributed by atoms with E-state index in [0.29, 0.717) is 33.5 Å². The molecular weight excluding hydrogens is 485 g/mol. The van der Waals surface area contributed by atoms with Crippen molar-refractivity contribution in [3.05, 3.63) is 77.4 Å². The smallest absolute Gasteiger partial charge is 0.301 e. The molecule has 36 heavy (non-hydrogen) atoms. The largest absolute Gasteiger partial charge is 0.495 e. The van der Waals surface area contributed by atoms with Crippen molar-refractivity contribution in [1.29, 1.82) is 5.26 Å². The van der Waals surface area contributed by atoms with Crippen LogP contribution in [-0.2, 0) is 10.2 Å². The third-order valence-corrected chi connectivity index (χ3v) is 7.33. The van der Waals surface area contributed by atoms with E-state index in [0.717, 1.165) is 4.31 Å². The predicted octanol–water partition coefficient (Wildman–Crippen LogP) is 4.09. The van der Waals surface area contributed by atoms with Crippen LogP contribution in [0.1, 0.15) is 28.4 Å². The lowest BCUT2D eigenvalue weighted by Gasteiger charge is -2.17. The molecule has 2 N–H and O–H groups in total. The first-order valence-corrected chi connectivity index (χ1v) is 12.3. The van der Waals surface area contributed by atoms with Gasteiger partial charge < -0.3 is 9.72 Å². The topological polar surface area (TPSA) is 128 Å². The number of H-pyrrole nitrogens is 1. The number of carbonyl (C=O) groups excluding carboxylic acids is 1. The molecule has 0 spiro atoms. The van der Waals surface area contributed by atoms with E-state index in [1.165, 1.54) is 38.6 Å². The van der Waals surface area contributed by atoms with Crippen molar-refractivity contribution < 1.29 is 22.3 Å². The molecule has 0 saturated carbocycles. The molecule has 2 heterocycles. The summed E-state index contributed by atoms with van der Waals surface area (Å²) in [6.07, 6.45) is 3.04. The Hall–Kier alpha value is -4.27. The monoisotopic (exact) mass is 507 g/mol. The molecule has 0 aliphatic heterocycles. The van der Waals surface area contributed by atoms with Gasteiger partial charge in [-0.25, -0.2) is 9.37 Å². The molecule has 0 fully saturated rings. The normalized spacial score (nSPS) is 11.4. The first-order valence-electron chi connectivity index (χ1n) is 10.8. The molecule has 0 unspecified atom stereocenters. The SMILES string of the molecule is CCN(C)S(=O)(=O)Nc1cccc(C(=O)c2c[nH]c3ncc(-c4ccc(C#N)c(OC)c4)cc23)c1F. The molecule has 2 aromatic carbocycles. The van der Waals surface area contributed by atoms with Crippen molar-refractivity contribution in [2.45, 2.75) is 6.92 Å². The highest BCUT2D eigenvalue weighted by Gasteiger charge is 2.23. The van der Waals surface area contributed by atoms with Crippen LogP contribution in [0.3, 0.4) is 0 Å². The van der Waals surface area contributed by atoms with E-state index in [9.17, 15) is 18.5 Å². The lowest BCUT2D eigenvalue weighted by Crippen LogP contribution is -2.32. The Morgan fingerprint density at radius 3 is 2.69 bits per heavy atom. The fourth-order valence-corrected chi connectivity index (χ4v) is 4.56. The molecule has 0 radical (unpaired) electrons. The number of rotatable bonds is 8. The maximum Gasteiger partial charge on any atom is 0.301 e. The molecule has 0 atom stereocenters. The molecule has 0 bridgehead atoms. The molecule has 4 aromatic rings. The minimum absolute atomic E-state index is 0.171. The number of nitriles is 1. The van der Waals surface area contributed by atoms with E-state index >= 15 is 4.39 Å². The lowest BCUT2D eigenvalue weighted by molar-refractivity contribution is 0.103. The molecule has 0 amide bonds. The zero-order valence-corrected chi connectivity index (χ0v) is 20.5. The van der Waals surface area contributed by atoms with Crippen LogP contribution >= 0.6 is 0 Å². The standard InChI is InChI=1S/C25H22FN5O4S/c1-4-31(2)36(33,34)30-21-7-5-6-18(23(21)26)24(32)20-14-29-25-19(20)10-17(13-28-25)15-8-9-16(12-27)22(11-15)35-3/h5-11,13-14,30H,4H2,1-3H3,(H,28,29). The maximum atomic E-state index is 15.3. The Morgan fingerprint density at radius 2 is 2.00 bits per heavy atom. The number of fused-ring (bicyclic) bond motifs is 1. The fraction of sp³-hybridized carbons (Fsp3) is 0.160. The number of aromatic nitrogens is 2. The Balaban J connectivity index is 1.74. The number of benzene rings is 2. The molecule has 9 nitrogen and oxygen atoms in total. The van der Waals surface area contributed by atoms with Crippen LogP contribution in [0.5, 0.6) is 5.75 Å². The Morgan fingerprint density at radius 1 is 1.22 bits per heavy atom. The maximum absolute atomic E-state index is 15.3. The van der Waals surface area contributed by atoms with Crippen molar-refractivity contribution in [2.75, 3.05) is 25.4 Å². The minimum Gasteiger partial charge on any atom is -0.495 e. The van der Waals surface area contributed by atoms with E-state index < -0.39 is 21.8 Å². The van der Waals surface area contributed by atoms with Crippen LogP contribution in [0.4, 0.5) is 10.1 Å². The van der Waals surface area contributed by atoms with Crippen molar-refractivity contribution in [3.63, 3.8) is 0 Å². The van der Waals surface area contributed by atoms with Crippen LogP contribution < -0.4 is 9.46 Å². The summed E-state index contributed by atoms with van der Waals surface area (Å²) < 4.78 is 48.5. The van der Waals surface area contributed by atoms with E-state index in [-0.39, 0.29) is 23.4 Å². The number of ether oxygens (including phenoxy) is 1. The number of carbonyl (C=O) groups is 1. The van der Waals surface area contributed by atoms with Gasteiger partial charge >= 0.3 is 10.2 Å². The van der Waals surface area contributed by atoms with Gasteiger partial charge in [-0.3, -0.25) is 9.52 Å². The van der Waals surface area contributed by atoms with Crippen LogP contribution in [0.25, 0.3) is 22.2 Å². The van der Waals surface area contributed by atoms with E-state index in [1.807, 2.05) is 0 Å². The average Bonchev–Trinajstić information content (AvgIpc) is 3.31. The summed E-state index contributed by atoms with van der Waals surface area (Å²) in [6.45, 7) is 1.83. The van der Waals surface area contributed by atoms with Crippen LogP contribution in [-0.4, -0.2) is 49.2 Å². The zero-order valence-electron chi connectivity index (χ0n) is 19.7. The average molecular weight is 508 g/mol. The third kappa shape index (κ3) is 4.51. The van der Waals surface area contributed by atoms with Gasteiger partial charge in [-0.2, -0.15) is 18.0 Å². The summed E-state index contributed by atoms with van der Waals surface area (Å²) in [6, 6.07) is 12.8. The number of halogens is 1. The molecule has 0 aliphatic rings. The van der Waals surface area contributed by atoms with Gasteiger partial charge in [0.2, 0.25) is 0 Å². The Labute approximate surface area is 207 Å². The van der Waals surface area contributed by atoms with Gasteiger partial charge in [-0.15, -0.1) is 0 Å². The number of hydrogen-bond donors (Lipinski definition) is 2. The summed E-state index contributed by atoms with van der Waals surface area (Å²) in [5.41, 5.74) is 1.72. The van der Waals surface area contributed by atoms with Gasteiger partial charge in [0.05, 0.1) is 23.9 Å². The molecule has 11 heteroatoms. The van der Waals surface area contributed by atoms with Crippen molar-refractivity contribution in [1.82, 2.24) is 14.3 Å². The lowest BCUT2D eigenvalue weighted by atomic mass is 9.99. The number of methoxy groups -OCH3 is 1. The van der Waals surface area contributed by atoms with Crippen LogP contribution in [0.15, 0.2) is 54.9 Å². The van der Waals surface area contributed by atoms with E-state index in [1.54, 1.807) is 37.4 Å². The fourth-order valence-electron chi connectivity index (χ4n) is 3.63. The van der Waals surface area contributed by atoms with Gasteiger partial charge in [-0.05, 0) is 35.9 Å². The minimum atomic E-state index is -3.98. The summed E-state index contributed by atoms with van der Waals surface area (Å²) in [7, 11) is -1.16. The number of aromatic amines is 1. The van der Waals surface area contributed by atoms with Crippen LogP contribution in [0, 0.1) is 17.1 Å². The first-order chi connectivity index (χ1) is 17.2. The van der Waals surface area contributed by atoms with Gasteiger partial charge in [0.15, 0.2) is 11.6 Å². The number of hydrogen-bond acceptors (Lipinski definition) is 6. The Kier molecular flexibility index (Phi) is 6.74. The predicted molar refractivity (Wildman–Crippen MR) is 133 cm³/mol. The molecule has 184 valence electrons. The molecule has 0 aliphatic carbocycles. The highest BCUT2D eigenvalue weighted by atomic mass is 32.2. The highest BCUT2D eigenvalue weighted by molar-refractivity contribution is 7.90. The number of nitrogens with one attached hydrogen (secondary N) is 2. The second kappa shape index (κ2) is 9.77. The van der Waals surface area contributed by atoms with Gasteiger partial charge in [0, 0.05) is 42.5 Å². The van der Waals surface area contributed by atoms with E-state index in [2.05, 4.69) is 20.8 Å². The first kappa shape index (κ1) is 24.8. The summed E-state index contributed by atoms with van der Waals surface area (Å²) in [4.78, 5) is 20.6. The second-order valence-electron chi connectivity index (χ2n) is 7.87. The van der Waals surface area contributed by atoms with E-state index in [4.69, 9.17) is 4.74 Å². The summed E-state index contributed by atoms with van der Waals surface area (Å²) in [5.74, 6) is -1.22. The number of ketones is 1. The molecule has 4 rings (SSSR count). The van der Waals surface area contributed by atoms with Crippen molar-refractivity contribution in [3.8, 4) is 22.9 Å². The van der Waals surface area contributed by atoms with Gasteiger partial charge in [0.1, 0.15) is 17.5 Å². The van der Waals surface area contributed by atoms with Gasteiger partial charge in [-0.1, -0.05) is 19.1 Å². The zero-order chi connectivity index (χ0) is 26.0. The summed E-state index contributed by atoms with van der Waals surface area (Å²) in [5, 5.41) is 9.67. The van der Waals surface area contributed by atoms with Crippen molar-refractivity contribution >= 4 is 32.7 Å². The second-order valence-corrected chi connectivity index (χ2v) is 9.64. The number of anilines is 1.